The van der Waals surface area contributed by atoms with Gasteiger partial charge in [0.1, 0.15) is 5.82 Å². The lowest BCUT2D eigenvalue weighted by atomic mass is 10.1. The number of carbonyl (C=O) groups excluding carboxylic acids is 1. The van der Waals surface area contributed by atoms with Crippen LogP contribution in [0, 0.1) is 11.7 Å². The van der Waals surface area contributed by atoms with Gasteiger partial charge in [-0.3, -0.25) is 4.79 Å². The van der Waals surface area contributed by atoms with Crippen molar-refractivity contribution in [1.82, 2.24) is 9.47 Å². The number of halogens is 1. The third kappa shape index (κ3) is 6.18. The van der Waals surface area contributed by atoms with Crippen molar-refractivity contribution in [3.05, 3.63) is 102 Å². The van der Waals surface area contributed by atoms with Gasteiger partial charge in [0.15, 0.2) is 0 Å². The van der Waals surface area contributed by atoms with Crippen LogP contribution in [-0.2, 0) is 17.9 Å². The molecule has 0 saturated carbocycles. The smallest absolute Gasteiger partial charge is 0.246 e. The first-order chi connectivity index (χ1) is 14.0. The van der Waals surface area contributed by atoms with Gasteiger partial charge in [-0.1, -0.05) is 56.3 Å². The Morgan fingerprint density at radius 3 is 2.59 bits per heavy atom. The Morgan fingerprint density at radius 2 is 1.86 bits per heavy atom. The fraction of sp³-hybridized carbons (Fsp3) is 0.240. The van der Waals surface area contributed by atoms with E-state index < -0.39 is 0 Å². The molecule has 0 bridgehead atoms. The Morgan fingerprint density at radius 1 is 1.07 bits per heavy atom. The zero-order valence-corrected chi connectivity index (χ0v) is 17.0. The van der Waals surface area contributed by atoms with Crippen LogP contribution in [0.25, 0.3) is 6.08 Å². The van der Waals surface area contributed by atoms with Crippen molar-refractivity contribution >= 4 is 12.0 Å². The summed E-state index contributed by atoms with van der Waals surface area (Å²) in [6.07, 6.45) is 5.46. The molecule has 0 atom stereocenters. The molecule has 0 radical (unpaired) electrons. The lowest BCUT2D eigenvalue weighted by molar-refractivity contribution is -0.127. The highest BCUT2D eigenvalue weighted by Crippen LogP contribution is 2.14. The second-order valence-electron chi connectivity index (χ2n) is 7.61. The number of carbonyl (C=O) groups is 1. The van der Waals surface area contributed by atoms with Crippen LogP contribution in [0.15, 0.2) is 79.0 Å². The van der Waals surface area contributed by atoms with E-state index in [1.807, 2.05) is 65.7 Å². The van der Waals surface area contributed by atoms with Crippen LogP contribution in [0.1, 0.15) is 30.7 Å². The minimum atomic E-state index is -0.237. The quantitative estimate of drug-likeness (QED) is 0.475. The first-order valence-electron chi connectivity index (χ1n) is 9.92. The molecule has 150 valence electrons. The Hall–Kier alpha value is -3.14. The van der Waals surface area contributed by atoms with Gasteiger partial charge in [0, 0.05) is 31.1 Å². The highest BCUT2D eigenvalue weighted by molar-refractivity contribution is 5.91. The van der Waals surface area contributed by atoms with Gasteiger partial charge in [-0.25, -0.2) is 4.39 Å². The van der Waals surface area contributed by atoms with Gasteiger partial charge < -0.3 is 9.47 Å². The number of hydrogen-bond donors (Lipinski definition) is 0. The van der Waals surface area contributed by atoms with Crippen molar-refractivity contribution in [2.45, 2.75) is 26.9 Å². The molecule has 3 rings (SSSR count). The Labute approximate surface area is 172 Å². The van der Waals surface area contributed by atoms with Crippen LogP contribution in [0.2, 0.25) is 0 Å². The summed E-state index contributed by atoms with van der Waals surface area (Å²) in [7, 11) is 0. The van der Waals surface area contributed by atoms with E-state index in [0.29, 0.717) is 25.6 Å². The summed E-state index contributed by atoms with van der Waals surface area (Å²) >= 11 is 0. The van der Waals surface area contributed by atoms with Gasteiger partial charge in [-0.15, -0.1) is 0 Å². The normalized spacial score (nSPS) is 11.3. The molecule has 0 saturated heterocycles. The number of hydrogen-bond acceptors (Lipinski definition) is 1. The van der Waals surface area contributed by atoms with E-state index in [-0.39, 0.29) is 11.7 Å². The average molecular weight is 391 g/mol. The number of amides is 1. The summed E-state index contributed by atoms with van der Waals surface area (Å²) in [4.78, 5) is 14.7. The van der Waals surface area contributed by atoms with Crippen LogP contribution >= 0.6 is 0 Å². The fourth-order valence-electron chi connectivity index (χ4n) is 3.29. The Balaban J connectivity index is 1.74. The largest absolute Gasteiger partial charge is 0.345 e. The predicted molar refractivity (Wildman–Crippen MR) is 116 cm³/mol. The molecule has 0 spiro atoms. The molecule has 1 aromatic heterocycles. The van der Waals surface area contributed by atoms with Gasteiger partial charge in [0.2, 0.25) is 5.91 Å². The first kappa shape index (κ1) is 20.6. The molecule has 1 amide bonds. The number of aromatic nitrogens is 1. The van der Waals surface area contributed by atoms with E-state index in [1.165, 1.54) is 6.07 Å². The highest BCUT2D eigenvalue weighted by Gasteiger charge is 2.15. The van der Waals surface area contributed by atoms with Gasteiger partial charge in [0.05, 0.1) is 6.54 Å². The molecule has 2 aromatic carbocycles. The van der Waals surface area contributed by atoms with Gasteiger partial charge in [-0.05, 0) is 47.4 Å². The van der Waals surface area contributed by atoms with Gasteiger partial charge in [-0.2, -0.15) is 0 Å². The summed E-state index contributed by atoms with van der Waals surface area (Å²) in [6, 6.07) is 20.4. The zero-order chi connectivity index (χ0) is 20.6. The minimum absolute atomic E-state index is 0.0129. The van der Waals surface area contributed by atoms with E-state index >= 15 is 0 Å². The summed E-state index contributed by atoms with van der Waals surface area (Å²) in [5, 5.41) is 0. The van der Waals surface area contributed by atoms with Crippen molar-refractivity contribution < 1.29 is 9.18 Å². The van der Waals surface area contributed by atoms with E-state index in [0.717, 1.165) is 16.8 Å². The molecule has 0 fully saturated rings. The Kier molecular flexibility index (Phi) is 7.01. The lowest BCUT2D eigenvalue weighted by Gasteiger charge is -2.24. The van der Waals surface area contributed by atoms with Crippen LogP contribution in [0.3, 0.4) is 0 Å². The van der Waals surface area contributed by atoms with Crippen molar-refractivity contribution in [2.75, 3.05) is 6.54 Å². The Bertz CT molecular complexity index is 960. The maximum Gasteiger partial charge on any atom is 0.246 e. The molecule has 0 aliphatic heterocycles. The summed E-state index contributed by atoms with van der Waals surface area (Å²) in [6.45, 7) is 5.96. The van der Waals surface area contributed by atoms with E-state index in [2.05, 4.69) is 18.4 Å². The molecule has 29 heavy (non-hydrogen) atoms. The second-order valence-corrected chi connectivity index (χ2v) is 7.61. The summed E-state index contributed by atoms with van der Waals surface area (Å²) < 4.78 is 15.6. The van der Waals surface area contributed by atoms with Crippen LogP contribution < -0.4 is 0 Å². The number of benzene rings is 2. The maximum absolute atomic E-state index is 13.5. The monoisotopic (exact) mass is 390 g/mol. The molecule has 3 aromatic rings. The standard InChI is InChI=1S/C25H27FN2O/c1-20(2)17-28(25(29)14-13-21-8-4-3-5-9-21)19-24-12-7-15-27(24)18-22-10-6-11-23(26)16-22/h3-16,20H,17-19H2,1-2H3. The average Bonchev–Trinajstić information content (AvgIpc) is 3.12. The van der Waals surface area contributed by atoms with Crippen molar-refractivity contribution in [3.8, 4) is 0 Å². The van der Waals surface area contributed by atoms with E-state index in [9.17, 15) is 9.18 Å². The topological polar surface area (TPSA) is 25.2 Å². The highest BCUT2D eigenvalue weighted by atomic mass is 19.1. The molecule has 3 nitrogen and oxygen atoms in total. The number of rotatable bonds is 8. The van der Waals surface area contributed by atoms with Crippen molar-refractivity contribution in [3.63, 3.8) is 0 Å². The third-order valence-corrected chi connectivity index (χ3v) is 4.63. The summed E-state index contributed by atoms with van der Waals surface area (Å²) in [5.41, 5.74) is 2.92. The molecule has 0 unspecified atom stereocenters. The second kappa shape index (κ2) is 9.87. The molecule has 0 aliphatic carbocycles. The van der Waals surface area contributed by atoms with Crippen molar-refractivity contribution in [2.24, 2.45) is 5.92 Å². The predicted octanol–water partition coefficient (Wildman–Crippen LogP) is 5.37. The molecule has 0 N–H and O–H groups in total. The van der Waals surface area contributed by atoms with Gasteiger partial charge >= 0.3 is 0 Å². The lowest BCUT2D eigenvalue weighted by Crippen LogP contribution is -2.33. The summed E-state index contributed by atoms with van der Waals surface area (Å²) in [5.74, 6) is 0.107. The molecular weight excluding hydrogens is 363 g/mol. The van der Waals surface area contributed by atoms with Gasteiger partial charge in [0.25, 0.3) is 0 Å². The molecular formula is C25H27FN2O. The zero-order valence-electron chi connectivity index (χ0n) is 17.0. The first-order valence-corrected chi connectivity index (χ1v) is 9.92. The van der Waals surface area contributed by atoms with Crippen molar-refractivity contribution in [1.29, 1.82) is 0 Å². The number of nitrogens with zero attached hydrogens (tertiary/aromatic N) is 2. The third-order valence-electron chi connectivity index (χ3n) is 4.63. The molecule has 0 aliphatic rings. The maximum atomic E-state index is 13.5. The van der Waals surface area contributed by atoms with Crippen LogP contribution in [-0.4, -0.2) is 21.9 Å². The van der Waals surface area contributed by atoms with Crippen LogP contribution in [0.5, 0.6) is 0 Å². The minimum Gasteiger partial charge on any atom is -0.345 e. The van der Waals surface area contributed by atoms with Crippen LogP contribution in [0.4, 0.5) is 4.39 Å². The SMILES string of the molecule is CC(C)CN(Cc1cccn1Cc1cccc(F)c1)C(=O)C=Cc1ccccc1. The fourth-order valence-corrected chi connectivity index (χ4v) is 3.29. The molecule has 4 heteroatoms. The molecule has 1 heterocycles. The van der Waals surface area contributed by atoms with E-state index in [1.54, 1.807) is 18.2 Å². The van der Waals surface area contributed by atoms with E-state index in [4.69, 9.17) is 0 Å².